The Kier molecular flexibility index (Phi) is 5.21. The van der Waals surface area contributed by atoms with Crippen LogP contribution >= 0.6 is 11.6 Å². The molecule has 2 aromatic rings. The molecule has 2 atom stereocenters. The molecule has 1 aliphatic rings. The zero-order valence-corrected chi connectivity index (χ0v) is 14.8. The number of halogens is 1. The van der Waals surface area contributed by atoms with Crippen LogP contribution in [0.5, 0.6) is 0 Å². The molecule has 25 heavy (non-hydrogen) atoms. The Morgan fingerprint density at radius 1 is 1.16 bits per heavy atom. The number of allylic oxidation sites excluding steroid dienone is 1. The molecule has 1 saturated heterocycles. The first-order chi connectivity index (χ1) is 12.0. The van der Waals surface area contributed by atoms with Crippen LogP contribution in [0.1, 0.15) is 11.6 Å². The number of rotatable bonds is 4. The first-order valence-corrected chi connectivity index (χ1v) is 9.54. The molecule has 1 aliphatic heterocycles. The van der Waals surface area contributed by atoms with Crippen LogP contribution in [0, 0.1) is 17.2 Å². The van der Waals surface area contributed by atoms with E-state index >= 15 is 0 Å². The quantitative estimate of drug-likeness (QED) is 0.805. The average Bonchev–Trinajstić information content (AvgIpc) is 3.09. The van der Waals surface area contributed by atoms with Crippen LogP contribution in [0.2, 0.25) is 5.02 Å². The monoisotopic (exact) mass is 373 g/mol. The van der Waals surface area contributed by atoms with Crippen molar-refractivity contribution in [2.45, 2.75) is 10.9 Å². The van der Waals surface area contributed by atoms with Gasteiger partial charge in [0.05, 0.1) is 10.9 Å². The van der Waals surface area contributed by atoms with E-state index in [1.54, 1.807) is 0 Å². The van der Waals surface area contributed by atoms with Gasteiger partial charge in [0.25, 0.3) is 0 Å². The largest absolute Gasteiger partial charge is 0.257 e. The third-order valence-electron chi connectivity index (χ3n) is 4.07. The van der Waals surface area contributed by atoms with Crippen LogP contribution < -0.4 is 10.9 Å². The van der Waals surface area contributed by atoms with Gasteiger partial charge in [0.15, 0.2) is 0 Å². The van der Waals surface area contributed by atoms with E-state index in [0.29, 0.717) is 11.6 Å². The van der Waals surface area contributed by atoms with Gasteiger partial charge in [0, 0.05) is 17.5 Å². The lowest BCUT2D eigenvalue weighted by Gasteiger charge is -2.16. The van der Waals surface area contributed by atoms with Crippen molar-refractivity contribution in [2.75, 3.05) is 6.54 Å². The zero-order valence-electron chi connectivity index (χ0n) is 13.2. The molecule has 2 unspecified atom stereocenters. The predicted octanol–water partition coefficient (Wildman–Crippen LogP) is 2.99. The van der Waals surface area contributed by atoms with Gasteiger partial charge in [-0.15, -0.1) is 0 Å². The van der Waals surface area contributed by atoms with Crippen molar-refractivity contribution in [2.24, 2.45) is 5.92 Å². The van der Waals surface area contributed by atoms with E-state index in [9.17, 15) is 13.7 Å². The Morgan fingerprint density at radius 2 is 1.84 bits per heavy atom. The zero-order chi connectivity index (χ0) is 17.9. The summed E-state index contributed by atoms with van der Waals surface area (Å²) >= 11 is 5.81. The highest BCUT2D eigenvalue weighted by Gasteiger charge is 2.30. The fraction of sp³-hybridized carbons (Fsp3) is 0.167. The minimum Gasteiger partial charge on any atom is -0.257 e. The summed E-state index contributed by atoms with van der Waals surface area (Å²) in [6, 6.07) is 17.2. The van der Waals surface area contributed by atoms with Crippen molar-refractivity contribution in [1.82, 2.24) is 10.9 Å². The molecule has 0 aromatic heterocycles. The fourth-order valence-corrected chi connectivity index (χ4v) is 4.13. The molecule has 3 rings (SSSR count). The number of hydrogen-bond acceptors (Lipinski definition) is 5. The summed E-state index contributed by atoms with van der Waals surface area (Å²) in [4.78, 5) is -0.203. The first-order valence-electron chi connectivity index (χ1n) is 7.68. The van der Waals surface area contributed by atoms with Crippen LogP contribution in [0.4, 0.5) is 0 Å². The lowest BCUT2D eigenvalue weighted by atomic mass is 9.95. The van der Waals surface area contributed by atoms with Crippen molar-refractivity contribution >= 4 is 21.4 Å². The SMILES string of the molecule is N#C/C(=C/C1CNNC1c1ccccc1)S(=O)(=O)c1ccc(Cl)cc1. The van der Waals surface area contributed by atoms with E-state index in [2.05, 4.69) is 10.9 Å². The van der Waals surface area contributed by atoms with Crippen molar-refractivity contribution in [1.29, 1.82) is 5.26 Å². The average molecular weight is 374 g/mol. The maximum absolute atomic E-state index is 12.7. The molecule has 2 N–H and O–H groups in total. The predicted molar refractivity (Wildman–Crippen MR) is 96.1 cm³/mol. The fourth-order valence-electron chi connectivity index (χ4n) is 2.78. The molecule has 5 nitrogen and oxygen atoms in total. The third-order valence-corrected chi connectivity index (χ3v) is 6.02. The third kappa shape index (κ3) is 3.75. The Balaban J connectivity index is 1.94. The Labute approximate surface area is 151 Å². The summed E-state index contributed by atoms with van der Waals surface area (Å²) < 4.78 is 25.5. The molecule has 0 aliphatic carbocycles. The van der Waals surface area contributed by atoms with Gasteiger partial charge in [-0.3, -0.25) is 5.43 Å². The van der Waals surface area contributed by atoms with Gasteiger partial charge in [-0.05, 0) is 35.9 Å². The number of hydrazine groups is 1. The summed E-state index contributed by atoms with van der Waals surface area (Å²) in [5.74, 6) is -0.167. The number of sulfone groups is 1. The van der Waals surface area contributed by atoms with E-state index in [1.165, 1.54) is 30.3 Å². The molecule has 0 saturated carbocycles. The molecule has 1 heterocycles. The second-order valence-electron chi connectivity index (χ2n) is 5.68. The summed E-state index contributed by atoms with van der Waals surface area (Å²) in [7, 11) is -3.88. The van der Waals surface area contributed by atoms with Gasteiger partial charge < -0.3 is 0 Å². The Morgan fingerprint density at radius 3 is 2.48 bits per heavy atom. The van der Waals surface area contributed by atoms with E-state index in [1.807, 2.05) is 36.4 Å². The van der Waals surface area contributed by atoms with Crippen LogP contribution in [-0.4, -0.2) is 15.0 Å². The first kappa shape index (κ1) is 17.6. The summed E-state index contributed by atoms with van der Waals surface area (Å²) in [6.45, 7) is 0.529. The van der Waals surface area contributed by atoms with Gasteiger partial charge in [-0.25, -0.2) is 13.8 Å². The summed E-state index contributed by atoms with van der Waals surface area (Å²) in [5.41, 5.74) is 7.19. The van der Waals surface area contributed by atoms with Crippen molar-refractivity contribution in [3.63, 3.8) is 0 Å². The van der Waals surface area contributed by atoms with Crippen molar-refractivity contribution in [3.05, 3.63) is 76.2 Å². The van der Waals surface area contributed by atoms with Gasteiger partial charge in [-0.1, -0.05) is 41.9 Å². The molecule has 1 fully saturated rings. The number of nitrogens with zero attached hydrogens (tertiary/aromatic N) is 1. The van der Waals surface area contributed by atoms with E-state index < -0.39 is 9.84 Å². The van der Waals surface area contributed by atoms with Gasteiger partial charge >= 0.3 is 0 Å². The molecule has 0 bridgehead atoms. The summed E-state index contributed by atoms with van der Waals surface area (Å²) in [6.07, 6.45) is 1.52. The lowest BCUT2D eigenvalue weighted by Crippen LogP contribution is -2.24. The topological polar surface area (TPSA) is 82.0 Å². The second-order valence-corrected chi connectivity index (χ2v) is 8.03. The minimum absolute atomic E-state index is 0.0554. The lowest BCUT2D eigenvalue weighted by molar-refractivity contribution is 0.539. The second kappa shape index (κ2) is 7.38. The molecule has 0 amide bonds. The van der Waals surface area contributed by atoms with E-state index in [0.717, 1.165) is 5.56 Å². The Bertz CT molecular complexity index is 919. The standard InChI is InChI=1S/C18H16ClN3O2S/c19-15-6-8-16(9-7-15)25(23,24)17(11-20)10-14-12-21-22-18(14)13-4-2-1-3-5-13/h1-10,14,18,21-22H,12H2/b17-10-. The normalized spacial score (nSPS) is 21.0. The van der Waals surface area contributed by atoms with Crippen LogP contribution in [0.25, 0.3) is 0 Å². The van der Waals surface area contributed by atoms with Gasteiger partial charge in [0.2, 0.25) is 9.84 Å². The number of benzene rings is 2. The summed E-state index contributed by atoms with van der Waals surface area (Å²) in [5, 5.41) is 9.87. The number of hydrogen-bond donors (Lipinski definition) is 2. The molecule has 128 valence electrons. The van der Waals surface area contributed by atoms with Crippen LogP contribution in [-0.2, 0) is 9.84 Å². The number of nitrogens with one attached hydrogen (secondary N) is 2. The van der Waals surface area contributed by atoms with E-state index in [4.69, 9.17) is 11.6 Å². The van der Waals surface area contributed by atoms with E-state index in [-0.39, 0.29) is 21.8 Å². The minimum atomic E-state index is -3.88. The highest BCUT2D eigenvalue weighted by molar-refractivity contribution is 7.95. The van der Waals surface area contributed by atoms with Crippen LogP contribution in [0.15, 0.2) is 70.5 Å². The molecule has 2 aromatic carbocycles. The van der Waals surface area contributed by atoms with Crippen molar-refractivity contribution < 1.29 is 8.42 Å². The molecule has 0 radical (unpaired) electrons. The smallest absolute Gasteiger partial charge is 0.216 e. The molecular weight excluding hydrogens is 358 g/mol. The maximum Gasteiger partial charge on any atom is 0.216 e. The number of nitriles is 1. The highest BCUT2D eigenvalue weighted by Crippen LogP contribution is 2.29. The maximum atomic E-state index is 12.7. The highest BCUT2D eigenvalue weighted by atomic mass is 35.5. The van der Waals surface area contributed by atoms with Crippen LogP contribution in [0.3, 0.4) is 0 Å². The van der Waals surface area contributed by atoms with Gasteiger partial charge in [-0.2, -0.15) is 5.26 Å². The molecular formula is C18H16ClN3O2S. The Hall–Kier alpha value is -2.17. The van der Waals surface area contributed by atoms with Crippen molar-refractivity contribution in [3.8, 4) is 6.07 Å². The molecule has 0 spiro atoms. The van der Waals surface area contributed by atoms with Gasteiger partial charge in [0.1, 0.15) is 11.0 Å². The molecule has 7 heteroatoms.